The van der Waals surface area contributed by atoms with Crippen molar-refractivity contribution < 1.29 is 4.39 Å². The average molecular weight is 313 g/mol. The highest BCUT2D eigenvalue weighted by molar-refractivity contribution is 5.77. The van der Waals surface area contributed by atoms with Crippen LogP contribution in [0, 0.1) is 5.82 Å². The number of aromatic nitrogens is 4. The Labute approximate surface area is 131 Å². The maximum Gasteiger partial charge on any atom is 0.336 e. The SMILES string of the molecule is O=c1n(-c2ncccn2)c2cc(F)ccc2n1C1CCNCC1. The molecular formula is C16H16FN5O. The topological polar surface area (TPSA) is 64.7 Å². The average Bonchev–Trinajstić information content (AvgIpc) is 2.87. The van der Waals surface area contributed by atoms with Gasteiger partial charge >= 0.3 is 5.69 Å². The second kappa shape index (κ2) is 5.58. The zero-order chi connectivity index (χ0) is 15.8. The number of hydrogen-bond acceptors (Lipinski definition) is 4. The van der Waals surface area contributed by atoms with Gasteiger partial charge in [0.25, 0.3) is 0 Å². The summed E-state index contributed by atoms with van der Waals surface area (Å²) in [5.74, 6) is -0.120. The van der Waals surface area contributed by atoms with Crippen LogP contribution in [0.5, 0.6) is 0 Å². The van der Waals surface area contributed by atoms with Crippen molar-refractivity contribution in [3.05, 3.63) is 53.0 Å². The van der Waals surface area contributed by atoms with E-state index in [1.165, 1.54) is 16.7 Å². The van der Waals surface area contributed by atoms with Crippen molar-refractivity contribution in [3.63, 3.8) is 0 Å². The summed E-state index contributed by atoms with van der Waals surface area (Å²) in [5.41, 5.74) is 0.999. The monoisotopic (exact) mass is 313 g/mol. The van der Waals surface area contributed by atoms with Gasteiger partial charge in [0.05, 0.1) is 11.0 Å². The predicted molar refractivity (Wildman–Crippen MR) is 84.2 cm³/mol. The van der Waals surface area contributed by atoms with Gasteiger partial charge in [0.15, 0.2) is 0 Å². The lowest BCUT2D eigenvalue weighted by atomic mass is 10.1. The van der Waals surface area contributed by atoms with Gasteiger partial charge in [-0.05, 0) is 44.1 Å². The molecule has 0 saturated carbocycles. The maximum absolute atomic E-state index is 13.7. The molecule has 1 fully saturated rings. The molecule has 1 aliphatic heterocycles. The van der Waals surface area contributed by atoms with E-state index in [4.69, 9.17) is 0 Å². The molecule has 7 heteroatoms. The molecule has 1 aliphatic rings. The number of halogens is 1. The predicted octanol–water partition coefficient (Wildman–Crippen LogP) is 1.65. The fraction of sp³-hybridized carbons (Fsp3) is 0.312. The molecule has 3 heterocycles. The molecule has 118 valence electrons. The van der Waals surface area contributed by atoms with E-state index in [1.807, 2.05) is 0 Å². The van der Waals surface area contributed by atoms with Crippen LogP contribution in [0.25, 0.3) is 17.0 Å². The van der Waals surface area contributed by atoms with Crippen LogP contribution in [0.2, 0.25) is 0 Å². The van der Waals surface area contributed by atoms with Crippen LogP contribution in [-0.2, 0) is 0 Å². The Morgan fingerprint density at radius 1 is 1.13 bits per heavy atom. The van der Waals surface area contributed by atoms with Crippen LogP contribution < -0.4 is 11.0 Å². The van der Waals surface area contributed by atoms with E-state index in [-0.39, 0.29) is 23.5 Å². The summed E-state index contributed by atoms with van der Waals surface area (Å²) in [6, 6.07) is 6.19. The maximum atomic E-state index is 13.7. The number of rotatable bonds is 2. The van der Waals surface area contributed by atoms with E-state index in [2.05, 4.69) is 15.3 Å². The van der Waals surface area contributed by atoms with E-state index in [0.717, 1.165) is 31.4 Å². The summed E-state index contributed by atoms with van der Waals surface area (Å²) in [6.45, 7) is 1.74. The first kappa shape index (κ1) is 14.1. The zero-order valence-electron chi connectivity index (χ0n) is 12.4. The van der Waals surface area contributed by atoms with E-state index in [9.17, 15) is 9.18 Å². The standard InChI is InChI=1S/C16H16FN5O/c17-11-2-3-13-14(10-11)22(15-19-6-1-7-20-15)16(23)21(13)12-4-8-18-9-5-12/h1-3,6-7,10,12,18H,4-5,8-9H2. The van der Waals surface area contributed by atoms with Crippen molar-refractivity contribution in [1.82, 2.24) is 24.4 Å². The Hall–Kier alpha value is -2.54. The molecule has 0 amide bonds. The van der Waals surface area contributed by atoms with Crippen molar-refractivity contribution in [2.45, 2.75) is 18.9 Å². The third-order valence-electron chi connectivity index (χ3n) is 4.26. The van der Waals surface area contributed by atoms with Gasteiger partial charge in [-0.2, -0.15) is 0 Å². The first-order valence-corrected chi connectivity index (χ1v) is 7.66. The van der Waals surface area contributed by atoms with Gasteiger partial charge in [0.2, 0.25) is 5.95 Å². The van der Waals surface area contributed by atoms with E-state index >= 15 is 0 Å². The molecule has 1 saturated heterocycles. The van der Waals surface area contributed by atoms with E-state index in [1.54, 1.807) is 29.1 Å². The van der Waals surface area contributed by atoms with Crippen molar-refractivity contribution in [1.29, 1.82) is 0 Å². The minimum absolute atomic E-state index is 0.0988. The summed E-state index contributed by atoms with van der Waals surface area (Å²) in [6.07, 6.45) is 4.88. The number of nitrogens with zero attached hydrogens (tertiary/aromatic N) is 4. The second-order valence-electron chi connectivity index (χ2n) is 5.65. The van der Waals surface area contributed by atoms with Crippen molar-refractivity contribution >= 4 is 11.0 Å². The Kier molecular flexibility index (Phi) is 3.42. The smallest absolute Gasteiger partial charge is 0.317 e. The van der Waals surface area contributed by atoms with Gasteiger partial charge in [-0.3, -0.25) is 4.57 Å². The molecule has 4 rings (SSSR count). The minimum atomic E-state index is -0.385. The molecule has 1 N–H and O–H groups in total. The Bertz CT molecular complexity index is 896. The molecule has 0 unspecified atom stereocenters. The number of imidazole rings is 1. The largest absolute Gasteiger partial charge is 0.336 e. The number of piperidine rings is 1. The summed E-state index contributed by atoms with van der Waals surface area (Å²) in [5, 5.41) is 3.29. The first-order valence-electron chi connectivity index (χ1n) is 7.66. The molecule has 0 spiro atoms. The van der Waals surface area contributed by atoms with E-state index < -0.39 is 0 Å². The highest BCUT2D eigenvalue weighted by Crippen LogP contribution is 2.24. The van der Waals surface area contributed by atoms with E-state index in [0.29, 0.717) is 5.52 Å². The van der Waals surface area contributed by atoms with Gasteiger partial charge in [-0.1, -0.05) is 0 Å². The van der Waals surface area contributed by atoms with Crippen LogP contribution >= 0.6 is 0 Å². The molecule has 1 aromatic carbocycles. The van der Waals surface area contributed by atoms with Gasteiger partial charge in [-0.25, -0.2) is 23.7 Å². The highest BCUT2D eigenvalue weighted by Gasteiger charge is 2.23. The molecular weight excluding hydrogens is 297 g/mol. The van der Waals surface area contributed by atoms with Crippen LogP contribution in [0.15, 0.2) is 41.5 Å². The van der Waals surface area contributed by atoms with Crippen LogP contribution in [0.1, 0.15) is 18.9 Å². The third-order valence-corrected chi connectivity index (χ3v) is 4.26. The second-order valence-corrected chi connectivity index (χ2v) is 5.65. The normalized spacial score (nSPS) is 16.0. The number of fused-ring (bicyclic) bond motifs is 1. The Morgan fingerprint density at radius 2 is 1.87 bits per heavy atom. The highest BCUT2D eigenvalue weighted by atomic mass is 19.1. The molecule has 0 radical (unpaired) electrons. The third kappa shape index (κ3) is 2.33. The molecule has 23 heavy (non-hydrogen) atoms. The van der Waals surface area contributed by atoms with Crippen molar-refractivity contribution in [2.24, 2.45) is 0 Å². The number of hydrogen-bond donors (Lipinski definition) is 1. The zero-order valence-corrected chi connectivity index (χ0v) is 12.4. The van der Waals surface area contributed by atoms with Crippen LogP contribution in [-0.4, -0.2) is 32.2 Å². The lowest BCUT2D eigenvalue weighted by Gasteiger charge is -2.23. The first-order chi connectivity index (χ1) is 11.3. The quantitative estimate of drug-likeness (QED) is 0.781. The Balaban J connectivity index is 2.01. The molecule has 0 bridgehead atoms. The summed E-state index contributed by atoms with van der Waals surface area (Å²) >= 11 is 0. The molecule has 2 aromatic heterocycles. The van der Waals surface area contributed by atoms with Gasteiger partial charge in [0.1, 0.15) is 5.82 Å². The number of benzene rings is 1. The fourth-order valence-corrected chi connectivity index (χ4v) is 3.21. The summed E-state index contributed by atoms with van der Waals surface area (Å²) in [4.78, 5) is 21.3. The molecule has 0 aliphatic carbocycles. The molecule has 6 nitrogen and oxygen atoms in total. The van der Waals surface area contributed by atoms with Gasteiger partial charge < -0.3 is 5.32 Å². The van der Waals surface area contributed by atoms with Crippen LogP contribution in [0.3, 0.4) is 0 Å². The van der Waals surface area contributed by atoms with Gasteiger partial charge in [0, 0.05) is 24.5 Å². The van der Waals surface area contributed by atoms with Gasteiger partial charge in [-0.15, -0.1) is 0 Å². The minimum Gasteiger partial charge on any atom is -0.317 e. The molecule has 3 aromatic rings. The Morgan fingerprint density at radius 3 is 2.61 bits per heavy atom. The fourth-order valence-electron chi connectivity index (χ4n) is 3.21. The van der Waals surface area contributed by atoms with Crippen molar-refractivity contribution in [3.8, 4) is 5.95 Å². The van der Waals surface area contributed by atoms with Crippen LogP contribution in [0.4, 0.5) is 4.39 Å². The van der Waals surface area contributed by atoms with Crippen molar-refractivity contribution in [2.75, 3.05) is 13.1 Å². The lowest BCUT2D eigenvalue weighted by molar-refractivity contribution is 0.367. The summed E-state index contributed by atoms with van der Waals surface area (Å²) in [7, 11) is 0. The lowest BCUT2D eigenvalue weighted by Crippen LogP contribution is -2.34. The summed E-state index contributed by atoms with van der Waals surface area (Å²) < 4.78 is 16.9. The number of nitrogens with one attached hydrogen (secondary N) is 1. The molecule has 0 atom stereocenters.